The molecule has 3 N–H and O–H groups in total. The lowest BCUT2D eigenvalue weighted by molar-refractivity contribution is 0.0458. The highest BCUT2D eigenvalue weighted by atomic mass is 16.5. The summed E-state index contributed by atoms with van der Waals surface area (Å²) in [6.45, 7) is 2.13. The van der Waals surface area contributed by atoms with Crippen molar-refractivity contribution >= 4 is 0 Å². The van der Waals surface area contributed by atoms with Gasteiger partial charge in [-0.25, -0.2) is 0 Å². The van der Waals surface area contributed by atoms with Crippen molar-refractivity contribution in [2.24, 2.45) is 5.73 Å². The molecule has 0 radical (unpaired) electrons. The van der Waals surface area contributed by atoms with Crippen molar-refractivity contribution in [2.45, 2.75) is 37.8 Å². The average Bonchev–Trinajstić information content (AvgIpc) is 2.47. The van der Waals surface area contributed by atoms with E-state index >= 15 is 0 Å². The lowest BCUT2D eigenvalue weighted by atomic mass is 9.85. The fourth-order valence-electron chi connectivity index (χ4n) is 2.99. The van der Waals surface area contributed by atoms with Gasteiger partial charge in [0.25, 0.3) is 0 Å². The molecule has 21 heavy (non-hydrogen) atoms. The molecule has 110 valence electrons. The number of para-hydroxylation sites is 1. The number of benzene rings is 2. The van der Waals surface area contributed by atoms with Gasteiger partial charge in [0.15, 0.2) is 0 Å². The van der Waals surface area contributed by atoms with Crippen LogP contribution in [0.25, 0.3) is 0 Å². The van der Waals surface area contributed by atoms with Crippen LogP contribution in [0.4, 0.5) is 0 Å². The lowest BCUT2D eigenvalue weighted by Crippen LogP contribution is -2.40. The van der Waals surface area contributed by atoms with Gasteiger partial charge in [0, 0.05) is 18.0 Å². The number of nitrogens with two attached hydrogens (primary N) is 1. The molecule has 1 aliphatic heterocycles. The minimum Gasteiger partial charge on any atom is -0.508 e. The summed E-state index contributed by atoms with van der Waals surface area (Å²) in [5, 5.41) is 9.33. The van der Waals surface area contributed by atoms with Crippen LogP contribution in [0.3, 0.4) is 0 Å². The van der Waals surface area contributed by atoms with Crippen LogP contribution in [0.1, 0.15) is 36.9 Å². The van der Waals surface area contributed by atoms with Gasteiger partial charge in [-0.3, -0.25) is 0 Å². The highest BCUT2D eigenvalue weighted by Gasteiger charge is 2.35. The number of aromatic hydroxyl groups is 1. The molecule has 2 aromatic rings. The number of hydrogen-bond acceptors (Lipinski definition) is 3. The second kappa shape index (κ2) is 5.41. The zero-order valence-corrected chi connectivity index (χ0v) is 12.3. The second-order valence-corrected chi connectivity index (χ2v) is 6.07. The molecule has 0 aromatic heterocycles. The first kappa shape index (κ1) is 14.0. The van der Waals surface area contributed by atoms with Gasteiger partial charge >= 0.3 is 0 Å². The summed E-state index contributed by atoms with van der Waals surface area (Å²) in [4.78, 5) is 0. The molecule has 2 atom stereocenters. The molecule has 3 heteroatoms. The van der Waals surface area contributed by atoms with Gasteiger partial charge in [-0.2, -0.15) is 0 Å². The van der Waals surface area contributed by atoms with Crippen molar-refractivity contribution in [1.82, 2.24) is 0 Å². The minimum absolute atomic E-state index is 0.0276. The van der Waals surface area contributed by atoms with E-state index in [1.54, 1.807) is 12.1 Å². The van der Waals surface area contributed by atoms with Gasteiger partial charge in [0.05, 0.1) is 0 Å². The average molecular weight is 283 g/mol. The molecule has 0 saturated carbocycles. The maximum absolute atomic E-state index is 9.33. The Morgan fingerprint density at radius 3 is 2.67 bits per heavy atom. The molecule has 0 bridgehead atoms. The van der Waals surface area contributed by atoms with Crippen molar-refractivity contribution < 1.29 is 9.84 Å². The maximum Gasteiger partial charge on any atom is 0.124 e. The zero-order valence-electron chi connectivity index (χ0n) is 12.3. The molecule has 0 fully saturated rings. The molecule has 0 spiro atoms. The predicted molar refractivity (Wildman–Crippen MR) is 83.4 cm³/mol. The summed E-state index contributed by atoms with van der Waals surface area (Å²) >= 11 is 0. The smallest absolute Gasteiger partial charge is 0.124 e. The Morgan fingerprint density at radius 2 is 1.90 bits per heavy atom. The maximum atomic E-state index is 9.33. The summed E-state index contributed by atoms with van der Waals surface area (Å²) in [6.07, 6.45) is 2.63. The monoisotopic (exact) mass is 283 g/mol. The van der Waals surface area contributed by atoms with Crippen LogP contribution in [-0.2, 0) is 6.42 Å². The Bertz CT molecular complexity index is 623. The third-order valence-electron chi connectivity index (χ3n) is 4.21. The Morgan fingerprint density at radius 1 is 1.19 bits per heavy atom. The fourth-order valence-corrected chi connectivity index (χ4v) is 2.99. The topological polar surface area (TPSA) is 55.5 Å². The first-order valence-corrected chi connectivity index (χ1v) is 7.37. The van der Waals surface area contributed by atoms with Crippen molar-refractivity contribution in [2.75, 3.05) is 0 Å². The molecular weight excluding hydrogens is 262 g/mol. The van der Waals surface area contributed by atoms with Gasteiger partial charge in [0.2, 0.25) is 0 Å². The second-order valence-electron chi connectivity index (χ2n) is 6.07. The number of rotatable bonds is 3. The lowest BCUT2D eigenvalue weighted by Gasteiger charge is -2.39. The molecular formula is C18H21NO2. The van der Waals surface area contributed by atoms with Gasteiger partial charge in [0.1, 0.15) is 17.1 Å². The number of phenols is 1. The van der Waals surface area contributed by atoms with E-state index in [1.165, 1.54) is 5.56 Å². The Balaban J connectivity index is 1.72. The summed E-state index contributed by atoms with van der Waals surface area (Å²) in [5.41, 5.74) is 8.35. The van der Waals surface area contributed by atoms with Gasteiger partial charge in [-0.05, 0) is 43.5 Å². The Kier molecular flexibility index (Phi) is 3.60. The molecule has 0 saturated heterocycles. The summed E-state index contributed by atoms with van der Waals surface area (Å²) in [7, 11) is 0. The van der Waals surface area contributed by atoms with E-state index in [0.29, 0.717) is 5.75 Å². The quantitative estimate of drug-likeness (QED) is 0.905. The minimum atomic E-state index is -0.244. The van der Waals surface area contributed by atoms with Crippen molar-refractivity contribution in [3.8, 4) is 11.5 Å². The zero-order chi connectivity index (χ0) is 14.9. The highest BCUT2D eigenvalue weighted by Crippen LogP contribution is 2.40. The van der Waals surface area contributed by atoms with Crippen molar-refractivity contribution in [3.05, 3.63) is 59.7 Å². The van der Waals surface area contributed by atoms with Crippen LogP contribution in [0.15, 0.2) is 48.5 Å². The van der Waals surface area contributed by atoms with E-state index in [1.807, 2.05) is 36.4 Å². The van der Waals surface area contributed by atoms with Crippen LogP contribution in [0.2, 0.25) is 0 Å². The number of hydrogen-bond donors (Lipinski definition) is 2. The summed E-state index contributed by atoms with van der Waals surface area (Å²) < 4.78 is 6.21. The molecule has 0 aliphatic carbocycles. The largest absolute Gasteiger partial charge is 0.508 e. The van der Waals surface area contributed by atoms with E-state index in [0.717, 1.165) is 30.6 Å². The first-order valence-electron chi connectivity index (χ1n) is 7.37. The van der Waals surface area contributed by atoms with Crippen molar-refractivity contribution in [3.63, 3.8) is 0 Å². The molecule has 0 amide bonds. The van der Waals surface area contributed by atoms with Crippen LogP contribution in [0.5, 0.6) is 11.5 Å². The molecule has 3 rings (SSSR count). The summed E-state index contributed by atoms with van der Waals surface area (Å²) in [5.74, 6) is 1.21. The van der Waals surface area contributed by atoms with Crippen LogP contribution in [0, 0.1) is 0 Å². The number of phenolic OH excluding ortho intramolecular Hbond substituents is 1. The third kappa shape index (κ3) is 3.03. The van der Waals surface area contributed by atoms with Crippen LogP contribution >= 0.6 is 0 Å². The number of ether oxygens (including phenoxy) is 1. The van der Waals surface area contributed by atoms with E-state index in [2.05, 4.69) is 6.92 Å². The van der Waals surface area contributed by atoms with E-state index < -0.39 is 0 Å². The van der Waals surface area contributed by atoms with E-state index in [4.69, 9.17) is 10.5 Å². The molecule has 3 nitrogen and oxygen atoms in total. The van der Waals surface area contributed by atoms with Gasteiger partial charge in [-0.1, -0.05) is 30.3 Å². The molecule has 1 aliphatic rings. The van der Waals surface area contributed by atoms with Gasteiger partial charge < -0.3 is 15.6 Å². The molecule has 1 heterocycles. The molecule has 2 unspecified atom stereocenters. The SMILES string of the molecule is CC1(CCc2ccc(O)cc2)CC(N)c2ccccc2O1. The Hall–Kier alpha value is -2.00. The normalized spacial score (nSPS) is 24.2. The van der Waals surface area contributed by atoms with Crippen molar-refractivity contribution in [1.29, 1.82) is 0 Å². The Labute approximate surface area is 125 Å². The standard InChI is InChI=1S/C18H21NO2/c1-18(11-10-13-6-8-14(20)9-7-13)12-16(19)15-4-2-3-5-17(15)21-18/h2-9,16,20H,10-12,19H2,1H3. The van der Waals surface area contributed by atoms with Crippen LogP contribution < -0.4 is 10.5 Å². The third-order valence-corrected chi connectivity index (χ3v) is 4.21. The summed E-state index contributed by atoms with van der Waals surface area (Å²) in [6, 6.07) is 15.4. The van der Waals surface area contributed by atoms with Gasteiger partial charge in [-0.15, -0.1) is 0 Å². The number of aryl methyl sites for hydroxylation is 1. The van der Waals surface area contributed by atoms with Crippen LogP contribution in [-0.4, -0.2) is 10.7 Å². The van der Waals surface area contributed by atoms with E-state index in [9.17, 15) is 5.11 Å². The predicted octanol–water partition coefficient (Wildman–Crippen LogP) is 3.57. The van der Waals surface area contributed by atoms with E-state index in [-0.39, 0.29) is 11.6 Å². The molecule has 2 aromatic carbocycles. The fraction of sp³-hybridized carbons (Fsp3) is 0.333. The first-order chi connectivity index (χ1) is 10.1. The highest BCUT2D eigenvalue weighted by molar-refractivity contribution is 5.38. The number of fused-ring (bicyclic) bond motifs is 1.